The van der Waals surface area contributed by atoms with E-state index >= 15 is 0 Å². The van der Waals surface area contributed by atoms with Crippen molar-refractivity contribution >= 4 is 0 Å². The molecule has 0 spiro atoms. The SMILES string of the molecule is NC(CC1CC1)c1cccc(C2CCC2)c1. The third-order valence-electron chi connectivity index (χ3n) is 4.20. The lowest BCUT2D eigenvalue weighted by atomic mass is 9.79. The van der Waals surface area contributed by atoms with Crippen LogP contribution in [0.15, 0.2) is 24.3 Å². The Balaban J connectivity index is 1.72. The van der Waals surface area contributed by atoms with E-state index in [9.17, 15) is 0 Å². The molecule has 3 rings (SSSR count). The minimum atomic E-state index is 0.271. The minimum Gasteiger partial charge on any atom is -0.324 e. The molecule has 0 bridgehead atoms. The van der Waals surface area contributed by atoms with Crippen LogP contribution < -0.4 is 5.73 Å². The summed E-state index contributed by atoms with van der Waals surface area (Å²) >= 11 is 0. The Morgan fingerprint density at radius 1 is 1.19 bits per heavy atom. The van der Waals surface area contributed by atoms with Crippen LogP contribution in [-0.4, -0.2) is 0 Å². The molecule has 86 valence electrons. The number of hydrogen-bond donors (Lipinski definition) is 1. The first-order chi connectivity index (χ1) is 7.83. The molecule has 2 aliphatic carbocycles. The second-order valence-corrected chi connectivity index (χ2v) is 5.58. The second-order valence-electron chi connectivity index (χ2n) is 5.58. The molecular formula is C15H21N. The maximum absolute atomic E-state index is 6.26. The molecule has 1 atom stereocenters. The molecule has 1 aromatic rings. The van der Waals surface area contributed by atoms with Crippen LogP contribution in [0.3, 0.4) is 0 Å². The van der Waals surface area contributed by atoms with E-state index < -0.39 is 0 Å². The van der Waals surface area contributed by atoms with Crippen LogP contribution in [-0.2, 0) is 0 Å². The molecule has 2 saturated carbocycles. The number of benzene rings is 1. The van der Waals surface area contributed by atoms with Crippen LogP contribution in [0.1, 0.15) is 61.6 Å². The van der Waals surface area contributed by atoms with Crippen LogP contribution in [0.25, 0.3) is 0 Å². The molecular weight excluding hydrogens is 194 g/mol. The zero-order valence-corrected chi connectivity index (χ0v) is 9.86. The Labute approximate surface area is 98.0 Å². The summed E-state index contributed by atoms with van der Waals surface area (Å²) in [5, 5.41) is 0. The largest absolute Gasteiger partial charge is 0.324 e. The predicted octanol–water partition coefficient (Wildman–Crippen LogP) is 3.75. The summed E-state index contributed by atoms with van der Waals surface area (Å²) in [5.74, 6) is 1.75. The average molecular weight is 215 g/mol. The van der Waals surface area contributed by atoms with Gasteiger partial charge < -0.3 is 5.73 Å². The van der Waals surface area contributed by atoms with Crippen molar-refractivity contribution in [3.05, 3.63) is 35.4 Å². The standard InChI is InChI=1S/C15H21N/c16-15(9-11-7-8-11)14-6-2-5-13(10-14)12-3-1-4-12/h2,5-6,10-12,15H,1,3-4,7-9,16H2. The van der Waals surface area contributed by atoms with Gasteiger partial charge in [-0.2, -0.15) is 0 Å². The molecule has 16 heavy (non-hydrogen) atoms. The van der Waals surface area contributed by atoms with Gasteiger partial charge in [0, 0.05) is 6.04 Å². The van der Waals surface area contributed by atoms with E-state index in [0.29, 0.717) is 0 Å². The van der Waals surface area contributed by atoms with E-state index in [-0.39, 0.29) is 6.04 Å². The summed E-state index contributed by atoms with van der Waals surface area (Å²) in [4.78, 5) is 0. The monoisotopic (exact) mass is 215 g/mol. The highest BCUT2D eigenvalue weighted by molar-refractivity contribution is 5.29. The van der Waals surface area contributed by atoms with Crippen molar-refractivity contribution in [2.24, 2.45) is 11.7 Å². The van der Waals surface area contributed by atoms with E-state index in [1.165, 1.54) is 49.7 Å². The number of nitrogens with two attached hydrogens (primary N) is 1. The van der Waals surface area contributed by atoms with Crippen molar-refractivity contribution in [2.75, 3.05) is 0 Å². The fourth-order valence-corrected chi connectivity index (χ4v) is 2.63. The lowest BCUT2D eigenvalue weighted by Crippen LogP contribution is -2.13. The number of rotatable bonds is 4. The first-order valence-corrected chi connectivity index (χ1v) is 6.68. The highest BCUT2D eigenvalue weighted by atomic mass is 14.6. The number of hydrogen-bond acceptors (Lipinski definition) is 1. The van der Waals surface area contributed by atoms with Gasteiger partial charge in [-0.05, 0) is 42.2 Å². The summed E-state index contributed by atoms with van der Waals surface area (Å²) < 4.78 is 0. The van der Waals surface area contributed by atoms with Crippen molar-refractivity contribution in [2.45, 2.75) is 50.5 Å². The van der Waals surface area contributed by atoms with Crippen molar-refractivity contribution in [3.63, 3.8) is 0 Å². The normalized spacial score (nSPS) is 22.8. The fraction of sp³-hybridized carbons (Fsp3) is 0.600. The van der Waals surface area contributed by atoms with Crippen LogP contribution in [0.5, 0.6) is 0 Å². The third-order valence-corrected chi connectivity index (χ3v) is 4.20. The minimum absolute atomic E-state index is 0.271. The van der Waals surface area contributed by atoms with Crippen molar-refractivity contribution in [1.29, 1.82) is 0 Å². The molecule has 0 aromatic heterocycles. The summed E-state index contributed by atoms with van der Waals surface area (Å²) in [6.45, 7) is 0. The summed E-state index contributed by atoms with van der Waals surface area (Å²) in [6, 6.07) is 9.30. The van der Waals surface area contributed by atoms with Gasteiger partial charge >= 0.3 is 0 Å². The topological polar surface area (TPSA) is 26.0 Å². The zero-order chi connectivity index (χ0) is 11.0. The van der Waals surface area contributed by atoms with E-state index in [2.05, 4.69) is 24.3 Å². The lowest BCUT2D eigenvalue weighted by molar-refractivity contribution is 0.419. The van der Waals surface area contributed by atoms with Gasteiger partial charge in [-0.1, -0.05) is 43.5 Å². The second kappa shape index (κ2) is 4.21. The zero-order valence-electron chi connectivity index (χ0n) is 9.86. The quantitative estimate of drug-likeness (QED) is 0.813. The highest BCUT2D eigenvalue weighted by Crippen LogP contribution is 2.39. The molecule has 1 heteroatoms. The van der Waals surface area contributed by atoms with Crippen LogP contribution >= 0.6 is 0 Å². The Morgan fingerprint density at radius 3 is 2.62 bits per heavy atom. The van der Waals surface area contributed by atoms with Crippen molar-refractivity contribution < 1.29 is 0 Å². The molecule has 1 aromatic carbocycles. The fourth-order valence-electron chi connectivity index (χ4n) is 2.63. The summed E-state index contributed by atoms with van der Waals surface area (Å²) in [5.41, 5.74) is 9.15. The third kappa shape index (κ3) is 2.15. The highest BCUT2D eigenvalue weighted by Gasteiger charge is 2.25. The van der Waals surface area contributed by atoms with Crippen LogP contribution in [0, 0.1) is 5.92 Å². The van der Waals surface area contributed by atoms with Crippen LogP contribution in [0.4, 0.5) is 0 Å². The van der Waals surface area contributed by atoms with E-state index in [4.69, 9.17) is 5.73 Å². The van der Waals surface area contributed by atoms with Gasteiger partial charge in [0.2, 0.25) is 0 Å². The molecule has 2 fully saturated rings. The van der Waals surface area contributed by atoms with Gasteiger partial charge in [0.05, 0.1) is 0 Å². The van der Waals surface area contributed by atoms with Gasteiger partial charge in [0.15, 0.2) is 0 Å². The van der Waals surface area contributed by atoms with Gasteiger partial charge in [0.1, 0.15) is 0 Å². The molecule has 0 radical (unpaired) electrons. The van der Waals surface area contributed by atoms with E-state index in [0.717, 1.165) is 11.8 Å². The molecule has 0 heterocycles. The molecule has 2 aliphatic rings. The molecule has 0 saturated heterocycles. The lowest BCUT2D eigenvalue weighted by Gasteiger charge is -2.26. The van der Waals surface area contributed by atoms with Gasteiger partial charge in [0.25, 0.3) is 0 Å². The maximum Gasteiger partial charge on any atom is 0.0297 e. The summed E-state index contributed by atoms with van der Waals surface area (Å²) in [6.07, 6.45) is 8.14. The van der Waals surface area contributed by atoms with Gasteiger partial charge in [-0.15, -0.1) is 0 Å². The van der Waals surface area contributed by atoms with Gasteiger partial charge in [-0.3, -0.25) is 0 Å². The molecule has 2 N–H and O–H groups in total. The molecule has 1 unspecified atom stereocenters. The van der Waals surface area contributed by atoms with Crippen molar-refractivity contribution in [3.8, 4) is 0 Å². The maximum atomic E-state index is 6.26. The van der Waals surface area contributed by atoms with Crippen molar-refractivity contribution in [1.82, 2.24) is 0 Å². The summed E-state index contributed by atoms with van der Waals surface area (Å²) in [7, 11) is 0. The average Bonchev–Trinajstić information content (AvgIpc) is 2.99. The Morgan fingerprint density at radius 2 is 2.00 bits per heavy atom. The van der Waals surface area contributed by atoms with E-state index in [1.54, 1.807) is 0 Å². The van der Waals surface area contributed by atoms with Crippen LogP contribution in [0.2, 0.25) is 0 Å². The molecule has 0 amide bonds. The Hall–Kier alpha value is -0.820. The Bertz CT molecular complexity index is 363. The van der Waals surface area contributed by atoms with Gasteiger partial charge in [-0.25, -0.2) is 0 Å². The first kappa shape index (κ1) is 10.3. The first-order valence-electron chi connectivity index (χ1n) is 6.68. The predicted molar refractivity (Wildman–Crippen MR) is 67.3 cm³/mol. The van der Waals surface area contributed by atoms with E-state index in [1.807, 2.05) is 0 Å². The Kier molecular flexibility index (Phi) is 2.72. The smallest absolute Gasteiger partial charge is 0.0297 e. The molecule has 1 nitrogen and oxygen atoms in total. The molecule has 0 aliphatic heterocycles.